The van der Waals surface area contributed by atoms with Gasteiger partial charge in [-0.15, -0.1) is 0 Å². The molecule has 0 saturated carbocycles. The molecular formula is C14H22F2N4O. The van der Waals surface area contributed by atoms with Crippen LogP contribution in [-0.4, -0.2) is 30.0 Å². The first-order valence-electron chi connectivity index (χ1n) is 7.11. The molecule has 0 aliphatic rings. The van der Waals surface area contributed by atoms with E-state index in [0.717, 1.165) is 12.5 Å². The fourth-order valence-electron chi connectivity index (χ4n) is 1.63. The Morgan fingerprint density at radius 2 is 1.86 bits per heavy atom. The van der Waals surface area contributed by atoms with Crippen LogP contribution in [0.1, 0.15) is 33.6 Å². The van der Waals surface area contributed by atoms with E-state index in [9.17, 15) is 13.6 Å². The third-order valence-corrected chi connectivity index (χ3v) is 2.94. The summed E-state index contributed by atoms with van der Waals surface area (Å²) in [4.78, 5) is 15.4. The minimum atomic E-state index is -0.781. The molecule has 1 atom stereocenters. The van der Waals surface area contributed by atoms with E-state index in [1.807, 2.05) is 13.8 Å². The number of halogens is 2. The maximum absolute atomic E-state index is 13.6. The number of nitrogens with zero attached hydrogens (tertiary/aromatic N) is 1. The predicted octanol–water partition coefficient (Wildman–Crippen LogP) is 2.51. The summed E-state index contributed by atoms with van der Waals surface area (Å²) in [6.45, 7) is 6.38. The Bertz CT molecular complexity index is 482. The van der Waals surface area contributed by atoms with Crippen molar-refractivity contribution < 1.29 is 13.6 Å². The molecule has 1 aromatic rings. The number of nitrogens with one attached hydrogen (secondary N) is 3. The number of pyridine rings is 1. The predicted molar refractivity (Wildman–Crippen MR) is 79.3 cm³/mol. The smallest absolute Gasteiger partial charge is 0.221 e. The zero-order valence-electron chi connectivity index (χ0n) is 12.6. The lowest BCUT2D eigenvalue weighted by Crippen LogP contribution is -2.33. The van der Waals surface area contributed by atoms with Gasteiger partial charge in [0.15, 0.2) is 23.3 Å². The third-order valence-electron chi connectivity index (χ3n) is 2.94. The average molecular weight is 300 g/mol. The summed E-state index contributed by atoms with van der Waals surface area (Å²) in [5.74, 6) is -1.72. The van der Waals surface area contributed by atoms with Gasteiger partial charge in [-0.2, -0.15) is 0 Å². The van der Waals surface area contributed by atoms with Crippen LogP contribution in [0.25, 0.3) is 0 Å². The Balaban J connectivity index is 2.55. The van der Waals surface area contributed by atoms with Crippen LogP contribution < -0.4 is 16.0 Å². The van der Waals surface area contributed by atoms with Gasteiger partial charge < -0.3 is 16.0 Å². The fourth-order valence-corrected chi connectivity index (χ4v) is 1.63. The number of carbonyl (C=O) groups excluding carboxylic acids is 1. The van der Waals surface area contributed by atoms with Gasteiger partial charge in [0, 0.05) is 31.6 Å². The molecule has 7 heteroatoms. The summed E-state index contributed by atoms with van der Waals surface area (Å²) >= 11 is 0. The Hall–Kier alpha value is -1.92. The zero-order chi connectivity index (χ0) is 15.8. The average Bonchev–Trinajstić information content (AvgIpc) is 2.43. The molecule has 0 aliphatic heterocycles. The first-order chi connectivity index (χ1) is 9.97. The van der Waals surface area contributed by atoms with Gasteiger partial charge in [0.05, 0.1) is 0 Å². The number of anilines is 2. The summed E-state index contributed by atoms with van der Waals surface area (Å²) in [6.07, 6.45) is 1.04. The van der Waals surface area contributed by atoms with Gasteiger partial charge in [0.25, 0.3) is 0 Å². The van der Waals surface area contributed by atoms with E-state index in [2.05, 4.69) is 20.9 Å². The van der Waals surface area contributed by atoms with E-state index in [1.54, 1.807) is 6.92 Å². The van der Waals surface area contributed by atoms with Crippen LogP contribution in [0.15, 0.2) is 6.07 Å². The number of aromatic nitrogens is 1. The van der Waals surface area contributed by atoms with E-state index in [1.165, 1.54) is 0 Å². The van der Waals surface area contributed by atoms with Crippen molar-refractivity contribution in [2.75, 3.05) is 23.7 Å². The first-order valence-corrected chi connectivity index (χ1v) is 7.11. The van der Waals surface area contributed by atoms with Crippen LogP contribution in [0, 0.1) is 11.6 Å². The standard InChI is InChI=1S/C14H22F2N4O/c1-4-9(3)19-12(21)6-7-18-14-11(16)8-10(15)13(20-14)17-5-2/h8-9H,4-7H2,1-3H3,(H,19,21)(H2,17,18,20). The molecule has 1 aromatic heterocycles. The maximum atomic E-state index is 13.6. The molecule has 3 N–H and O–H groups in total. The number of amides is 1. The lowest BCUT2D eigenvalue weighted by atomic mass is 10.2. The summed E-state index contributed by atoms with van der Waals surface area (Å²) in [7, 11) is 0. The second kappa shape index (κ2) is 8.39. The molecule has 1 heterocycles. The lowest BCUT2D eigenvalue weighted by molar-refractivity contribution is -0.121. The lowest BCUT2D eigenvalue weighted by Gasteiger charge is -2.12. The van der Waals surface area contributed by atoms with Crippen molar-refractivity contribution in [1.29, 1.82) is 0 Å². The molecule has 21 heavy (non-hydrogen) atoms. The van der Waals surface area contributed by atoms with Gasteiger partial charge >= 0.3 is 0 Å². The van der Waals surface area contributed by atoms with Gasteiger partial charge in [0.1, 0.15) is 0 Å². The summed E-state index contributed by atoms with van der Waals surface area (Å²) in [5, 5.41) is 8.22. The molecule has 0 radical (unpaired) electrons. The topological polar surface area (TPSA) is 66.0 Å². The molecule has 0 bridgehead atoms. The van der Waals surface area contributed by atoms with E-state index in [4.69, 9.17) is 0 Å². The Morgan fingerprint density at radius 1 is 1.24 bits per heavy atom. The van der Waals surface area contributed by atoms with Crippen LogP contribution in [0.2, 0.25) is 0 Å². The third kappa shape index (κ3) is 5.53. The van der Waals surface area contributed by atoms with E-state index in [-0.39, 0.29) is 36.6 Å². The highest BCUT2D eigenvalue weighted by atomic mass is 19.1. The number of rotatable bonds is 8. The van der Waals surface area contributed by atoms with Crippen molar-refractivity contribution >= 4 is 17.5 Å². The largest absolute Gasteiger partial charge is 0.368 e. The van der Waals surface area contributed by atoms with Crippen LogP contribution in [-0.2, 0) is 4.79 Å². The second-order valence-electron chi connectivity index (χ2n) is 4.73. The van der Waals surface area contributed by atoms with Gasteiger partial charge in [0.2, 0.25) is 5.91 Å². The van der Waals surface area contributed by atoms with Crippen LogP contribution >= 0.6 is 0 Å². The van der Waals surface area contributed by atoms with Crippen molar-refractivity contribution in [2.24, 2.45) is 0 Å². The summed E-state index contributed by atoms with van der Waals surface area (Å²) in [5.41, 5.74) is 0. The van der Waals surface area contributed by atoms with Crippen molar-refractivity contribution in [3.8, 4) is 0 Å². The molecule has 118 valence electrons. The van der Waals surface area contributed by atoms with Crippen molar-refractivity contribution in [3.63, 3.8) is 0 Å². The molecular weight excluding hydrogens is 278 g/mol. The van der Waals surface area contributed by atoms with Crippen molar-refractivity contribution in [3.05, 3.63) is 17.7 Å². The first kappa shape index (κ1) is 17.1. The van der Waals surface area contributed by atoms with Crippen molar-refractivity contribution in [2.45, 2.75) is 39.7 Å². The number of carbonyl (C=O) groups is 1. The maximum Gasteiger partial charge on any atom is 0.221 e. The molecule has 1 amide bonds. The molecule has 0 spiro atoms. The van der Waals surface area contributed by atoms with Crippen LogP contribution in [0.5, 0.6) is 0 Å². The van der Waals surface area contributed by atoms with E-state index in [0.29, 0.717) is 6.54 Å². The normalized spacial score (nSPS) is 11.9. The Labute approximate surface area is 123 Å². The minimum absolute atomic E-state index is 0.00884. The fraction of sp³-hybridized carbons (Fsp3) is 0.571. The highest BCUT2D eigenvalue weighted by Gasteiger charge is 2.12. The Kier molecular flexibility index (Phi) is 6.84. The zero-order valence-corrected chi connectivity index (χ0v) is 12.6. The van der Waals surface area contributed by atoms with E-state index >= 15 is 0 Å². The van der Waals surface area contributed by atoms with Gasteiger partial charge in [-0.3, -0.25) is 4.79 Å². The van der Waals surface area contributed by atoms with Crippen LogP contribution in [0.4, 0.5) is 20.4 Å². The monoisotopic (exact) mass is 300 g/mol. The van der Waals surface area contributed by atoms with Crippen molar-refractivity contribution in [1.82, 2.24) is 10.3 Å². The van der Waals surface area contributed by atoms with Crippen LogP contribution in [0.3, 0.4) is 0 Å². The minimum Gasteiger partial charge on any atom is -0.368 e. The molecule has 5 nitrogen and oxygen atoms in total. The summed E-state index contributed by atoms with van der Waals surface area (Å²) in [6, 6.07) is 0.880. The number of hydrogen-bond acceptors (Lipinski definition) is 4. The Morgan fingerprint density at radius 3 is 2.43 bits per heavy atom. The van der Waals surface area contributed by atoms with E-state index < -0.39 is 11.6 Å². The molecule has 1 rings (SSSR count). The molecule has 0 aliphatic carbocycles. The molecule has 0 saturated heterocycles. The SMILES string of the molecule is CCNc1nc(NCCC(=O)NC(C)CC)c(F)cc1F. The van der Waals surface area contributed by atoms with Gasteiger partial charge in [-0.05, 0) is 20.3 Å². The molecule has 0 aromatic carbocycles. The quantitative estimate of drug-likeness (QED) is 0.690. The second-order valence-corrected chi connectivity index (χ2v) is 4.73. The number of hydrogen-bond donors (Lipinski definition) is 3. The van der Waals surface area contributed by atoms with Gasteiger partial charge in [-0.25, -0.2) is 13.8 Å². The molecule has 1 unspecified atom stereocenters. The summed E-state index contributed by atoms with van der Waals surface area (Å²) < 4.78 is 27.0. The highest BCUT2D eigenvalue weighted by molar-refractivity contribution is 5.76. The van der Waals surface area contributed by atoms with Gasteiger partial charge in [-0.1, -0.05) is 6.92 Å². The highest BCUT2D eigenvalue weighted by Crippen LogP contribution is 2.18. The molecule has 0 fully saturated rings.